The molecule has 0 radical (unpaired) electrons. The van der Waals surface area contributed by atoms with Crippen molar-refractivity contribution in [2.45, 2.75) is 6.92 Å². The molecule has 0 spiro atoms. The molecule has 5 nitrogen and oxygen atoms in total. The van der Waals surface area contributed by atoms with Gasteiger partial charge in [0.2, 0.25) is 0 Å². The number of nitrogens with zero attached hydrogens (tertiary/aromatic N) is 2. The molecule has 0 unspecified atom stereocenters. The predicted molar refractivity (Wildman–Crippen MR) is 52.2 cm³/mol. The average Bonchev–Trinajstić information content (AvgIpc) is 2.61. The van der Waals surface area contributed by atoms with Gasteiger partial charge in [0, 0.05) is 5.56 Å². The SMILES string of the molecule is COc1c(-c2ccc(C)cc2)no[n+]1[O-]. The molecular weight excluding hydrogens is 196 g/mol. The zero-order valence-corrected chi connectivity index (χ0v) is 8.43. The molecule has 0 N–H and O–H groups in total. The van der Waals surface area contributed by atoms with Crippen molar-refractivity contribution in [1.29, 1.82) is 0 Å². The summed E-state index contributed by atoms with van der Waals surface area (Å²) in [6.07, 6.45) is 0. The van der Waals surface area contributed by atoms with E-state index in [0.717, 1.165) is 11.1 Å². The summed E-state index contributed by atoms with van der Waals surface area (Å²) in [5.74, 6) is 0.0684. The van der Waals surface area contributed by atoms with Gasteiger partial charge in [0.1, 0.15) is 0 Å². The molecule has 15 heavy (non-hydrogen) atoms. The first-order valence-corrected chi connectivity index (χ1v) is 4.43. The van der Waals surface area contributed by atoms with Crippen LogP contribution >= 0.6 is 0 Å². The van der Waals surface area contributed by atoms with Crippen LogP contribution in [0.2, 0.25) is 0 Å². The average molecular weight is 206 g/mol. The summed E-state index contributed by atoms with van der Waals surface area (Å²) >= 11 is 0. The van der Waals surface area contributed by atoms with Crippen LogP contribution in [0.4, 0.5) is 0 Å². The molecule has 78 valence electrons. The molecule has 0 amide bonds. The zero-order chi connectivity index (χ0) is 10.8. The molecule has 0 aliphatic rings. The molecule has 0 aliphatic heterocycles. The van der Waals surface area contributed by atoms with Crippen molar-refractivity contribution >= 4 is 0 Å². The van der Waals surface area contributed by atoms with Crippen LogP contribution in [0.15, 0.2) is 28.9 Å². The molecule has 0 aliphatic carbocycles. The van der Waals surface area contributed by atoms with Gasteiger partial charge in [-0.3, -0.25) is 4.63 Å². The van der Waals surface area contributed by atoms with Crippen LogP contribution in [0.5, 0.6) is 5.88 Å². The quantitative estimate of drug-likeness (QED) is 0.694. The second-order valence-electron chi connectivity index (χ2n) is 3.15. The number of methoxy groups -OCH3 is 1. The number of aryl methyl sites for hydroxylation is 1. The first kappa shape index (κ1) is 9.51. The van der Waals surface area contributed by atoms with E-state index in [0.29, 0.717) is 5.69 Å². The number of ether oxygens (including phenoxy) is 1. The topological polar surface area (TPSA) is 62.2 Å². The summed E-state index contributed by atoms with van der Waals surface area (Å²) in [5.41, 5.74) is 2.33. The summed E-state index contributed by atoms with van der Waals surface area (Å²) in [7, 11) is 1.40. The fourth-order valence-corrected chi connectivity index (χ4v) is 1.30. The lowest BCUT2D eigenvalue weighted by atomic mass is 10.1. The minimum absolute atomic E-state index is 0.0684. The van der Waals surface area contributed by atoms with Gasteiger partial charge in [0.05, 0.1) is 12.3 Å². The molecular formula is C10H10N2O3. The summed E-state index contributed by atoms with van der Waals surface area (Å²) < 4.78 is 9.35. The second-order valence-corrected chi connectivity index (χ2v) is 3.15. The molecule has 0 saturated carbocycles. The Hall–Kier alpha value is -2.04. The third-order valence-electron chi connectivity index (χ3n) is 2.09. The van der Waals surface area contributed by atoms with E-state index in [1.165, 1.54) is 7.11 Å². The Bertz CT molecular complexity index is 462. The van der Waals surface area contributed by atoms with Crippen molar-refractivity contribution in [1.82, 2.24) is 5.16 Å². The van der Waals surface area contributed by atoms with E-state index in [9.17, 15) is 5.21 Å². The number of hydrogen-bond donors (Lipinski definition) is 0. The van der Waals surface area contributed by atoms with Crippen molar-refractivity contribution in [3.05, 3.63) is 35.0 Å². The van der Waals surface area contributed by atoms with E-state index in [4.69, 9.17) is 4.74 Å². The predicted octanol–water partition coefficient (Wildman–Crippen LogP) is 1.29. The van der Waals surface area contributed by atoms with Crippen LogP contribution in [-0.2, 0) is 0 Å². The van der Waals surface area contributed by atoms with Crippen molar-refractivity contribution in [2.75, 3.05) is 7.11 Å². The maximum absolute atomic E-state index is 11.1. The molecule has 1 aromatic carbocycles. The van der Waals surface area contributed by atoms with Gasteiger partial charge in [-0.15, -0.1) is 0 Å². The fourth-order valence-electron chi connectivity index (χ4n) is 1.30. The third-order valence-corrected chi connectivity index (χ3v) is 2.09. The van der Waals surface area contributed by atoms with E-state index in [1.807, 2.05) is 31.2 Å². The third kappa shape index (κ3) is 1.63. The smallest absolute Gasteiger partial charge is 0.380 e. The number of benzene rings is 1. The first-order valence-electron chi connectivity index (χ1n) is 4.43. The largest absolute Gasteiger partial charge is 0.460 e. The highest BCUT2D eigenvalue weighted by Gasteiger charge is 2.21. The van der Waals surface area contributed by atoms with Crippen LogP contribution < -0.4 is 9.64 Å². The monoisotopic (exact) mass is 206 g/mol. The van der Waals surface area contributed by atoms with Gasteiger partial charge < -0.3 is 9.94 Å². The molecule has 2 aromatic rings. The highest BCUT2D eigenvalue weighted by atomic mass is 16.8. The summed E-state index contributed by atoms with van der Waals surface area (Å²) in [6.45, 7) is 1.98. The highest BCUT2D eigenvalue weighted by molar-refractivity contribution is 5.62. The fraction of sp³-hybridized carbons (Fsp3) is 0.200. The molecule has 0 fully saturated rings. The van der Waals surface area contributed by atoms with Crippen LogP contribution in [0.1, 0.15) is 5.56 Å². The van der Waals surface area contributed by atoms with Gasteiger partial charge in [-0.25, -0.2) is 0 Å². The lowest BCUT2D eigenvalue weighted by Gasteiger charge is -1.96. The normalized spacial score (nSPS) is 10.3. The van der Waals surface area contributed by atoms with Crippen molar-refractivity contribution in [3.63, 3.8) is 0 Å². The molecule has 0 bridgehead atoms. The number of hydrogen-bond acceptors (Lipinski definition) is 4. The van der Waals surface area contributed by atoms with Crippen LogP contribution in [0, 0.1) is 12.1 Å². The Kier molecular flexibility index (Phi) is 2.29. The molecule has 5 heteroatoms. The maximum Gasteiger partial charge on any atom is 0.380 e. The summed E-state index contributed by atoms with van der Waals surface area (Å²) in [6, 6.07) is 7.57. The first-order chi connectivity index (χ1) is 7.22. The highest BCUT2D eigenvalue weighted by Crippen LogP contribution is 2.24. The standard InChI is InChI=1S/C10H10N2O3/c1-7-3-5-8(6-4-7)9-10(14-2)12(13)15-11-9/h3-6H,1-2H3. The lowest BCUT2D eigenvalue weighted by Crippen LogP contribution is -2.24. The molecule has 1 aromatic heterocycles. The minimum atomic E-state index is 0.0684. The van der Waals surface area contributed by atoms with E-state index in [2.05, 4.69) is 9.79 Å². The number of rotatable bonds is 2. The Labute approximate surface area is 86.4 Å². The van der Waals surface area contributed by atoms with Gasteiger partial charge in [-0.1, -0.05) is 17.7 Å². The van der Waals surface area contributed by atoms with E-state index < -0.39 is 0 Å². The maximum atomic E-state index is 11.1. The van der Waals surface area contributed by atoms with E-state index >= 15 is 0 Å². The van der Waals surface area contributed by atoms with Gasteiger partial charge >= 0.3 is 5.88 Å². The lowest BCUT2D eigenvalue weighted by molar-refractivity contribution is -0.804. The Morgan fingerprint density at radius 2 is 2.00 bits per heavy atom. The summed E-state index contributed by atoms with van der Waals surface area (Å²) in [4.78, 5) is 0.245. The Balaban J connectivity index is 2.49. The van der Waals surface area contributed by atoms with Gasteiger partial charge in [-0.2, -0.15) is 0 Å². The van der Waals surface area contributed by atoms with Gasteiger partial charge in [-0.05, 0) is 24.0 Å². The van der Waals surface area contributed by atoms with Crippen LogP contribution in [-0.4, -0.2) is 12.3 Å². The number of aromatic nitrogens is 2. The zero-order valence-electron chi connectivity index (χ0n) is 8.43. The van der Waals surface area contributed by atoms with Crippen molar-refractivity contribution in [2.24, 2.45) is 0 Å². The van der Waals surface area contributed by atoms with Crippen LogP contribution in [0.25, 0.3) is 11.3 Å². The molecule has 0 saturated heterocycles. The summed E-state index contributed by atoms with van der Waals surface area (Å²) in [5, 5.41) is 14.7. The second kappa shape index (κ2) is 3.61. The van der Waals surface area contributed by atoms with E-state index in [1.54, 1.807) is 0 Å². The van der Waals surface area contributed by atoms with Gasteiger partial charge in [0.25, 0.3) is 5.69 Å². The molecule has 0 atom stereocenters. The Morgan fingerprint density at radius 3 is 2.60 bits per heavy atom. The molecule has 2 rings (SSSR count). The van der Waals surface area contributed by atoms with Gasteiger partial charge in [0.15, 0.2) is 0 Å². The van der Waals surface area contributed by atoms with Crippen molar-refractivity contribution < 1.29 is 14.3 Å². The molecule has 1 heterocycles. The van der Waals surface area contributed by atoms with E-state index in [-0.39, 0.29) is 10.8 Å². The Morgan fingerprint density at radius 1 is 1.33 bits per heavy atom. The van der Waals surface area contributed by atoms with Crippen molar-refractivity contribution in [3.8, 4) is 17.1 Å². The van der Waals surface area contributed by atoms with Crippen LogP contribution in [0.3, 0.4) is 0 Å². The minimum Gasteiger partial charge on any atom is -0.460 e.